The maximum Gasteiger partial charge on any atom is 0.204 e. The molecule has 1 aliphatic rings. The highest BCUT2D eigenvalue weighted by molar-refractivity contribution is 7.90. The van der Waals surface area contributed by atoms with Crippen molar-refractivity contribution in [1.82, 2.24) is 4.98 Å². The van der Waals surface area contributed by atoms with Gasteiger partial charge < -0.3 is 9.64 Å². The number of nitrogens with zero attached hydrogens (tertiary/aromatic N) is 2. The van der Waals surface area contributed by atoms with Gasteiger partial charge in [0, 0.05) is 18.4 Å². The summed E-state index contributed by atoms with van der Waals surface area (Å²) in [6, 6.07) is 16.2. The molecule has 0 bridgehead atoms. The molecule has 2 aromatic carbocycles. The van der Waals surface area contributed by atoms with Crippen LogP contribution in [0.4, 0.5) is 5.13 Å². The molecule has 29 heavy (non-hydrogen) atoms. The Hall–Kier alpha value is -2.55. The Balaban J connectivity index is 1.61. The van der Waals surface area contributed by atoms with E-state index in [1.807, 2.05) is 18.2 Å². The lowest BCUT2D eigenvalue weighted by Gasteiger charge is -2.35. The number of aromatic nitrogens is 1. The van der Waals surface area contributed by atoms with Crippen molar-refractivity contribution in [1.29, 1.82) is 0 Å². The van der Waals surface area contributed by atoms with Crippen molar-refractivity contribution in [3.63, 3.8) is 0 Å². The Morgan fingerprint density at radius 1 is 1.17 bits per heavy atom. The number of hydrogen-bond donors (Lipinski definition) is 0. The summed E-state index contributed by atoms with van der Waals surface area (Å²) >= 11 is 1.31. The van der Waals surface area contributed by atoms with Gasteiger partial charge in [-0.1, -0.05) is 53.8 Å². The van der Waals surface area contributed by atoms with Gasteiger partial charge >= 0.3 is 0 Å². The average molecular weight is 429 g/mol. The van der Waals surface area contributed by atoms with E-state index in [1.54, 1.807) is 18.3 Å². The van der Waals surface area contributed by atoms with E-state index in [0.717, 1.165) is 17.0 Å². The molecule has 0 amide bonds. The number of anilines is 1. The van der Waals surface area contributed by atoms with Gasteiger partial charge in [0.05, 0.1) is 35.2 Å². The Labute approximate surface area is 173 Å². The largest absolute Gasteiger partial charge is 0.377 e. The minimum absolute atomic E-state index is 0.0348. The second kappa shape index (κ2) is 8.06. The number of rotatable bonds is 5. The molecule has 2 heterocycles. The highest BCUT2D eigenvalue weighted by Crippen LogP contribution is 2.33. The second-order valence-corrected chi connectivity index (χ2v) is 9.86. The molecule has 0 aliphatic carbocycles. The van der Waals surface area contributed by atoms with Crippen molar-refractivity contribution in [3.05, 3.63) is 76.8 Å². The van der Waals surface area contributed by atoms with E-state index >= 15 is 0 Å². The number of carbonyl (C=O) groups is 1. The highest BCUT2D eigenvalue weighted by Gasteiger charge is 2.27. The fraction of sp³-hybridized carbons (Fsp3) is 0.238. The molecule has 6 nitrogen and oxygen atoms in total. The zero-order valence-corrected chi connectivity index (χ0v) is 17.4. The van der Waals surface area contributed by atoms with Crippen LogP contribution in [0.25, 0.3) is 0 Å². The molecule has 1 aromatic heterocycles. The molecular formula is C21H20N2O4S2. The molecule has 150 valence electrons. The van der Waals surface area contributed by atoms with Crippen molar-refractivity contribution in [2.24, 2.45) is 0 Å². The number of ether oxygens (including phenoxy) is 1. The zero-order valence-electron chi connectivity index (χ0n) is 15.8. The van der Waals surface area contributed by atoms with Gasteiger partial charge in [0.2, 0.25) is 5.78 Å². The molecular weight excluding hydrogens is 408 g/mol. The number of hydrogen-bond acceptors (Lipinski definition) is 7. The first kappa shape index (κ1) is 19.8. The van der Waals surface area contributed by atoms with Crippen molar-refractivity contribution in [2.45, 2.75) is 10.9 Å². The lowest BCUT2D eigenvalue weighted by Crippen LogP contribution is -2.39. The van der Waals surface area contributed by atoms with Crippen LogP contribution >= 0.6 is 11.3 Å². The van der Waals surface area contributed by atoms with E-state index in [0.29, 0.717) is 30.2 Å². The third-order valence-corrected chi connectivity index (χ3v) is 6.94. The summed E-state index contributed by atoms with van der Waals surface area (Å²) in [4.78, 5) is 20.2. The second-order valence-electron chi connectivity index (χ2n) is 6.83. The number of carbonyl (C=O) groups excluding carboxylic acids is 1. The maximum atomic E-state index is 12.9. The third kappa shape index (κ3) is 4.24. The standard InChI is InChI=1S/C21H20N2O4S2/c1-29(25,26)17-9-5-8-16(12-17)20(24)19-13-22-21(28-19)23-10-11-27-14-18(23)15-6-3-2-4-7-15/h2-9,12-13,18H,10-11,14H2,1H3/t18-/m1/s1. The van der Waals surface area contributed by atoms with Crippen molar-refractivity contribution in [3.8, 4) is 0 Å². The number of sulfone groups is 1. The molecule has 1 saturated heterocycles. The minimum atomic E-state index is -3.38. The summed E-state index contributed by atoms with van der Waals surface area (Å²) < 4.78 is 29.2. The van der Waals surface area contributed by atoms with Crippen molar-refractivity contribution >= 4 is 32.1 Å². The fourth-order valence-electron chi connectivity index (χ4n) is 3.30. The monoisotopic (exact) mass is 428 g/mol. The molecule has 0 saturated carbocycles. The summed E-state index contributed by atoms with van der Waals surface area (Å²) in [6.07, 6.45) is 2.69. The number of ketones is 1. The molecule has 0 spiro atoms. The highest BCUT2D eigenvalue weighted by atomic mass is 32.2. The summed E-state index contributed by atoms with van der Waals surface area (Å²) in [6.45, 7) is 1.84. The average Bonchev–Trinajstić information content (AvgIpc) is 3.23. The van der Waals surface area contributed by atoms with Crippen LogP contribution in [0.5, 0.6) is 0 Å². The first-order valence-corrected chi connectivity index (χ1v) is 11.8. The van der Waals surface area contributed by atoms with Gasteiger partial charge in [-0.3, -0.25) is 4.79 Å². The molecule has 1 aliphatic heterocycles. The third-order valence-electron chi connectivity index (χ3n) is 4.80. The van der Waals surface area contributed by atoms with E-state index in [1.165, 1.54) is 23.5 Å². The van der Waals surface area contributed by atoms with E-state index in [2.05, 4.69) is 22.0 Å². The number of morpholine rings is 1. The summed E-state index contributed by atoms with van der Waals surface area (Å²) in [7, 11) is -3.38. The quantitative estimate of drug-likeness (QED) is 0.580. The van der Waals surface area contributed by atoms with Gasteiger partial charge in [0.25, 0.3) is 0 Å². The summed E-state index contributed by atoms with van der Waals surface area (Å²) in [5, 5.41) is 0.754. The van der Waals surface area contributed by atoms with Gasteiger partial charge in [0.15, 0.2) is 15.0 Å². The van der Waals surface area contributed by atoms with E-state index in [9.17, 15) is 13.2 Å². The predicted molar refractivity (Wildman–Crippen MR) is 112 cm³/mol. The Kier molecular flexibility index (Phi) is 5.49. The smallest absolute Gasteiger partial charge is 0.204 e. The summed E-state index contributed by atoms with van der Waals surface area (Å²) in [5.41, 5.74) is 1.47. The number of benzene rings is 2. The lowest BCUT2D eigenvalue weighted by molar-refractivity contribution is 0.0941. The number of thiazole rings is 1. The molecule has 1 atom stereocenters. The predicted octanol–water partition coefficient (Wildman–Crippen LogP) is 3.36. The lowest BCUT2D eigenvalue weighted by atomic mass is 10.1. The van der Waals surface area contributed by atoms with Crippen LogP contribution in [0.3, 0.4) is 0 Å². The van der Waals surface area contributed by atoms with Crippen LogP contribution in [-0.4, -0.2) is 45.2 Å². The van der Waals surface area contributed by atoms with E-state index in [-0.39, 0.29) is 16.7 Å². The van der Waals surface area contributed by atoms with Gasteiger partial charge in [-0.2, -0.15) is 0 Å². The van der Waals surface area contributed by atoms with Crippen LogP contribution in [0.1, 0.15) is 26.8 Å². The minimum Gasteiger partial charge on any atom is -0.377 e. The van der Waals surface area contributed by atoms with Gasteiger partial charge in [-0.25, -0.2) is 13.4 Å². The fourth-order valence-corrected chi connectivity index (χ4v) is 4.92. The van der Waals surface area contributed by atoms with Gasteiger partial charge in [-0.05, 0) is 17.7 Å². The molecule has 0 radical (unpaired) electrons. The molecule has 1 fully saturated rings. The molecule has 8 heteroatoms. The van der Waals surface area contributed by atoms with E-state index in [4.69, 9.17) is 4.74 Å². The SMILES string of the molecule is CS(=O)(=O)c1cccc(C(=O)c2cnc(N3CCOC[C@@H]3c3ccccc3)s2)c1. The summed E-state index contributed by atoms with van der Waals surface area (Å²) in [5.74, 6) is -0.233. The Morgan fingerprint density at radius 2 is 1.97 bits per heavy atom. The first-order valence-electron chi connectivity index (χ1n) is 9.13. The van der Waals surface area contributed by atoms with Crippen LogP contribution in [0, 0.1) is 0 Å². The van der Waals surface area contributed by atoms with E-state index < -0.39 is 9.84 Å². The normalized spacial score (nSPS) is 17.3. The van der Waals surface area contributed by atoms with Crippen molar-refractivity contribution in [2.75, 3.05) is 30.9 Å². The molecule has 4 rings (SSSR count). The Morgan fingerprint density at radius 3 is 2.72 bits per heavy atom. The van der Waals surface area contributed by atoms with Crippen LogP contribution in [-0.2, 0) is 14.6 Å². The first-order chi connectivity index (χ1) is 13.9. The molecule has 3 aromatic rings. The zero-order chi connectivity index (χ0) is 20.4. The molecule has 0 unspecified atom stereocenters. The topological polar surface area (TPSA) is 76.6 Å². The van der Waals surface area contributed by atoms with Gasteiger partial charge in [0.1, 0.15) is 0 Å². The maximum absolute atomic E-state index is 12.9. The van der Waals surface area contributed by atoms with Crippen LogP contribution in [0.2, 0.25) is 0 Å². The molecule has 0 N–H and O–H groups in total. The van der Waals surface area contributed by atoms with Crippen LogP contribution < -0.4 is 4.90 Å². The Bertz CT molecular complexity index is 1130. The van der Waals surface area contributed by atoms with Gasteiger partial charge in [-0.15, -0.1) is 0 Å². The van der Waals surface area contributed by atoms with Crippen molar-refractivity contribution < 1.29 is 17.9 Å². The van der Waals surface area contributed by atoms with Crippen LogP contribution in [0.15, 0.2) is 65.7 Å².